The van der Waals surface area contributed by atoms with Gasteiger partial charge in [0.2, 0.25) is 10.0 Å². The average Bonchev–Trinajstić information content (AvgIpc) is 3.18. The summed E-state index contributed by atoms with van der Waals surface area (Å²) >= 11 is 1.41. The zero-order valence-corrected chi connectivity index (χ0v) is 22.1. The lowest BCUT2D eigenvalue weighted by atomic mass is 10.2. The highest BCUT2D eigenvalue weighted by atomic mass is 32.2. The highest BCUT2D eigenvalue weighted by Gasteiger charge is 2.32. The van der Waals surface area contributed by atoms with Gasteiger partial charge in [0.1, 0.15) is 13.2 Å². The minimum absolute atomic E-state index is 0.147. The molecule has 192 valence electrons. The minimum Gasteiger partial charge on any atom is -0.486 e. The first kappa shape index (κ1) is 24.9. The second kappa shape index (κ2) is 9.97. The first-order valence-corrected chi connectivity index (χ1v) is 14.3. The number of sulfonamides is 1. The molecular weight excluding hydrogens is 502 g/mol. The molecule has 1 fully saturated rings. The molecule has 0 saturated carbocycles. The smallest absolute Gasteiger partial charge is 0.279 e. The van der Waals surface area contributed by atoms with E-state index >= 15 is 0 Å². The Labute approximate surface area is 214 Å². The molecular formula is C25H29N3O6S2. The summed E-state index contributed by atoms with van der Waals surface area (Å²) in [7, 11) is -3.68. The van der Waals surface area contributed by atoms with Crippen LogP contribution in [0.15, 0.2) is 46.3 Å². The Bertz CT molecular complexity index is 1450. The number of morpholine rings is 1. The summed E-state index contributed by atoms with van der Waals surface area (Å²) in [5.41, 5.74) is 1.26. The van der Waals surface area contributed by atoms with Crippen LogP contribution in [-0.4, -0.2) is 61.7 Å². The van der Waals surface area contributed by atoms with Crippen molar-refractivity contribution < 1.29 is 27.4 Å². The van der Waals surface area contributed by atoms with Gasteiger partial charge in [-0.2, -0.15) is 9.30 Å². The third-order valence-electron chi connectivity index (χ3n) is 6.12. The molecule has 5 rings (SSSR count). The third kappa shape index (κ3) is 4.80. The Morgan fingerprint density at radius 2 is 1.69 bits per heavy atom. The number of ether oxygens (including phenoxy) is 3. The van der Waals surface area contributed by atoms with Crippen LogP contribution < -0.4 is 14.3 Å². The van der Waals surface area contributed by atoms with Gasteiger partial charge in [0.05, 0.1) is 27.3 Å². The number of benzene rings is 2. The lowest BCUT2D eigenvalue weighted by molar-refractivity contribution is -0.0440. The van der Waals surface area contributed by atoms with E-state index < -0.39 is 15.9 Å². The van der Waals surface area contributed by atoms with Gasteiger partial charge in [-0.3, -0.25) is 4.79 Å². The largest absolute Gasteiger partial charge is 0.486 e. The summed E-state index contributed by atoms with van der Waals surface area (Å²) in [5, 5.41) is 0. The van der Waals surface area contributed by atoms with Crippen LogP contribution in [0.3, 0.4) is 0 Å². The van der Waals surface area contributed by atoms with E-state index in [1.807, 2.05) is 30.5 Å². The SMILES string of the molecule is CCCn1c(=NC(=O)c2ccc(S(=O)(=O)N3CC(C)OC(C)C3)cc2)sc2cc3c(cc21)OCCO3. The van der Waals surface area contributed by atoms with Gasteiger partial charge in [0, 0.05) is 37.3 Å². The zero-order chi connectivity index (χ0) is 25.4. The molecule has 2 aromatic carbocycles. The van der Waals surface area contributed by atoms with E-state index in [1.54, 1.807) is 0 Å². The third-order valence-corrected chi connectivity index (χ3v) is 9.00. The Morgan fingerprint density at radius 3 is 2.33 bits per heavy atom. The number of carbonyl (C=O) groups is 1. The molecule has 1 saturated heterocycles. The lowest BCUT2D eigenvalue weighted by Gasteiger charge is -2.34. The van der Waals surface area contributed by atoms with Crippen LogP contribution in [0.5, 0.6) is 11.5 Å². The van der Waals surface area contributed by atoms with Crippen LogP contribution in [0.2, 0.25) is 0 Å². The quantitative estimate of drug-likeness (QED) is 0.500. The molecule has 3 aromatic rings. The van der Waals surface area contributed by atoms with Gasteiger partial charge in [0.15, 0.2) is 16.3 Å². The fraction of sp³-hybridized carbons (Fsp3) is 0.440. The summed E-state index contributed by atoms with van der Waals surface area (Å²) in [6, 6.07) is 9.84. The predicted molar refractivity (Wildman–Crippen MR) is 136 cm³/mol. The summed E-state index contributed by atoms with van der Waals surface area (Å²) < 4.78 is 47.7. The number of aryl methyl sites for hydroxylation is 1. The van der Waals surface area contributed by atoms with Gasteiger partial charge in [0.25, 0.3) is 5.91 Å². The number of amides is 1. The monoisotopic (exact) mass is 531 g/mol. The molecule has 9 nitrogen and oxygen atoms in total. The number of rotatable bonds is 5. The van der Waals surface area contributed by atoms with Crippen molar-refractivity contribution in [2.45, 2.75) is 50.8 Å². The fourth-order valence-corrected chi connectivity index (χ4v) is 7.18. The molecule has 1 aromatic heterocycles. The van der Waals surface area contributed by atoms with Crippen molar-refractivity contribution in [1.82, 2.24) is 8.87 Å². The maximum Gasteiger partial charge on any atom is 0.279 e. The van der Waals surface area contributed by atoms with E-state index in [-0.39, 0.29) is 17.1 Å². The first-order chi connectivity index (χ1) is 17.3. The van der Waals surface area contributed by atoms with E-state index in [2.05, 4.69) is 11.9 Å². The Balaban J connectivity index is 1.45. The van der Waals surface area contributed by atoms with Crippen LogP contribution >= 0.6 is 11.3 Å². The molecule has 2 atom stereocenters. The lowest BCUT2D eigenvalue weighted by Crippen LogP contribution is -2.48. The molecule has 0 spiro atoms. The molecule has 0 N–H and O–H groups in total. The summed E-state index contributed by atoms with van der Waals surface area (Å²) in [6.45, 7) is 8.07. The Kier molecular flexibility index (Phi) is 6.90. The van der Waals surface area contributed by atoms with E-state index in [4.69, 9.17) is 14.2 Å². The Morgan fingerprint density at radius 1 is 1.06 bits per heavy atom. The summed E-state index contributed by atoms with van der Waals surface area (Å²) in [4.78, 5) is 18.2. The number of nitrogens with zero attached hydrogens (tertiary/aromatic N) is 3. The van der Waals surface area contributed by atoms with Gasteiger partial charge in [-0.25, -0.2) is 8.42 Å². The van der Waals surface area contributed by atoms with Crippen LogP contribution in [0.1, 0.15) is 37.6 Å². The highest BCUT2D eigenvalue weighted by molar-refractivity contribution is 7.89. The fourth-order valence-electron chi connectivity index (χ4n) is 4.53. The topological polar surface area (TPSA) is 99.4 Å². The van der Waals surface area contributed by atoms with Crippen molar-refractivity contribution in [3.63, 3.8) is 0 Å². The van der Waals surface area contributed by atoms with Gasteiger partial charge >= 0.3 is 0 Å². The van der Waals surface area contributed by atoms with E-state index in [0.29, 0.717) is 54.7 Å². The van der Waals surface area contributed by atoms with Gasteiger partial charge in [-0.1, -0.05) is 18.3 Å². The van der Waals surface area contributed by atoms with Crippen LogP contribution in [-0.2, 0) is 21.3 Å². The van der Waals surface area contributed by atoms with Crippen LogP contribution in [0.25, 0.3) is 10.2 Å². The van der Waals surface area contributed by atoms with Crippen LogP contribution in [0.4, 0.5) is 0 Å². The van der Waals surface area contributed by atoms with E-state index in [0.717, 1.165) is 16.6 Å². The standard InChI is InChI=1S/C25H29N3O6S2/c1-4-9-28-20-12-21-22(33-11-10-32-21)13-23(20)35-25(28)26-24(29)18-5-7-19(8-6-18)36(30,31)27-14-16(2)34-17(3)15-27/h5-8,12-13,16-17H,4,9-11,14-15H2,1-3H3. The summed E-state index contributed by atoms with van der Waals surface area (Å²) in [6.07, 6.45) is 0.512. The van der Waals surface area contributed by atoms with Crippen molar-refractivity contribution in [3.05, 3.63) is 46.8 Å². The second-order valence-electron chi connectivity index (χ2n) is 9.02. The second-order valence-corrected chi connectivity index (χ2v) is 12.0. The molecule has 2 unspecified atom stereocenters. The molecule has 0 aliphatic carbocycles. The van der Waals surface area contributed by atoms with Crippen molar-refractivity contribution in [3.8, 4) is 11.5 Å². The highest BCUT2D eigenvalue weighted by Crippen LogP contribution is 2.35. The van der Waals surface area contributed by atoms with Crippen molar-refractivity contribution in [2.24, 2.45) is 4.99 Å². The Hall–Kier alpha value is -2.73. The predicted octanol–water partition coefficient (Wildman–Crippen LogP) is 3.42. The van der Waals surface area contributed by atoms with E-state index in [9.17, 15) is 13.2 Å². The first-order valence-electron chi connectivity index (χ1n) is 12.0. The molecule has 0 bridgehead atoms. The molecule has 3 heterocycles. The van der Waals surface area contributed by atoms with Gasteiger partial charge < -0.3 is 18.8 Å². The maximum absolute atomic E-state index is 13.1. The number of carbonyl (C=O) groups excluding carboxylic acids is 1. The van der Waals surface area contributed by atoms with Gasteiger partial charge in [-0.05, 0) is 44.5 Å². The maximum atomic E-state index is 13.1. The zero-order valence-electron chi connectivity index (χ0n) is 20.5. The van der Waals surface area contributed by atoms with Crippen molar-refractivity contribution >= 4 is 37.5 Å². The molecule has 2 aliphatic rings. The number of hydrogen-bond acceptors (Lipinski definition) is 7. The minimum atomic E-state index is -3.68. The number of thiazole rings is 1. The van der Waals surface area contributed by atoms with Crippen LogP contribution in [0, 0.1) is 0 Å². The average molecular weight is 532 g/mol. The summed E-state index contributed by atoms with van der Waals surface area (Å²) in [5.74, 6) is 0.953. The normalized spacial score (nSPS) is 21.1. The molecule has 1 amide bonds. The molecule has 0 radical (unpaired) electrons. The van der Waals surface area contributed by atoms with Crippen molar-refractivity contribution in [1.29, 1.82) is 0 Å². The van der Waals surface area contributed by atoms with Gasteiger partial charge in [-0.15, -0.1) is 0 Å². The van der Waals surface area contributed by atoms with Crippen molar-refractivity contribution in [2.75, 3.05) is 26.3 Å². The molecule has 11 heteroatoms. The molecule has 2 aliphatic heterocycles. The number of aromatic nitrogens is 1. The number of fused-ring (bicyclic) bond motifs is 2. The molecule has 36 heavy (non-hydrogen) atoms. The number of hydrogen-bond donors (Lipinski definition) is 0. The van der Waals surface area contributed by atoms with E-state index in [1.165, 1.54) is 39.9 Å².